The minimum absolute atomic E-state index is 0.0840. The largest absolute Gasteiger partial charge is 0.497 e. The number of hydrogen-bond donors (Lipinski definition) is 1. The first-order chi connectivity index (χ1) is 16.5. The lowest BCUT2D eigenvalue weighted by atomic mass is 9.93. The number of carbonyl (C=O) groups excluding carboxylic acids is 2. The SMILES string of the molecule is COC(=O)C1=C(C)N=C2SC=C(CC(=O)NCCc3ccccc3)N2C1c1cccc(OC)c1. The molecule has 2 aliphatic heterocycles. The number of aliphatic imine (C=N–C) groups is 1. The van der Waals surface area contributed by atoms with Crippen molar-refractivity contribution in [2.24, 2.45) is 4.99 Å². The Labute approximate surface area is 203 Å². The van der Waals surface area contributed by atoms with Gasteiger partial charge in [0, 0.05) is 12.2 Å². The van der Waals surface area contributed by atoms with Gasteiger partial charge < -0.3 is 19.7 Å². The Hall–Kier alpha value is -3.52. The van der Waals surface area contributed by atoms with Gasteiger partial charge in [0.15, 0.2) is 5.17 Å². The van der Waals surface area contributed by atoms with Crippen LogP contribution in [0.25, 0.3) is 0 Å². The van der Waals surface area contributed by atoms with Crippen molar-refractivity contribution in [2.45, 2.75) is 25.8 Å². The maximum Gasteiger partial charge on any atom is 0.338 e. The molecule has 0 bridgehead atoms. The number of amidine groups is 1. The van der Waals surface area contributed by atoms with Gasteiger partial charge in [0.2, 0.25) is 5.91 Å². The fourth-order valence-corrected chi connectivity index (χ4v) is 5.05. The smallest absolute Gasteiger partial charge is 0.338 e. The number of hydrogen-bond acceptors (Lipinski definition) is 7. The topological polar surface area (TPSA) is 80.2 Å². The average Bonchev–Trinajstić information content (AvgIpc) is 3.25. The molecular weight excluding hydrogens is 450 g/mol. The summed E-state index contributed by atoms with van der Waals surface area (Å²) in [7, 11) is 2.96. The lowest BCUT2D eigenvalue weighted by molar-refractivity contribution is -0.136. The Morgan fingerprint density at radius 3 is 2.65 bits per heavy atom. The molecule has 8 heteroatoms. The number of methoxy groups -OCH3 is 2. The summed E-state index contributed by atoms with van der Waals surface area (Å²) in [6.07, 6.45) is 0.937. The molecule has 7 nitrogen and oxygen atoms in total. The van der Waals surface area contributed by atoms with E-state index >= 15 is 0 Å². The zero-order valence-corrected chi connectivity index (χ0v) is 20.2. The summed E-state index contributed by atoms with van der Waals surface area (Å²) in [5, 5.41) is 5.65. The summed E-state index contributed by atoms with van der Waals surface area (Å²) in [6.45, 7) is 2.36. The Balaban J connectivity index is 1.56. The minimum atomic E-state index is -0.478. The molecule has 0 aliphatic carbocycles. The number of rotatable bonds is 8. The maximum absolute atomic E-state index is 12.8. The number of allylic oxidation sites excluding steroid dienone is 1. The number of esters is 1. The monoisotopic (exact) mass is 477 g/mol. The number of nitrogens with zero attached hydrogens (tertiary/aromatic N) is 2. The first kappa shape index (κ1) is 23.6. The molecule has 1 amide bonds. The average molecular weight is 478 g/mol. The lowest BCUT2D eigenvalue weighted by Crippen LogP contribution is -2.38. The molecule has 1 atom stereocenters. The summed E-state index contributed by atoms with van der Waals surface area (Å²) >= 11 is 1.45. The van der Waals surface area contributed by atoms with E-state index in [-0.39, 0.29) is 12.3 Å². The van der Waals surface area contributed by atoms with E-state index in [1.54, 1.807) is 14.0 Å². The van der Waals surface area contributed by atoms with Crippen LogP contribution in [0.1, 0.15) is 30.5 Å². The van der Waals surface area contributed by atoms with E-state index in [0.29, 0.717) is 23.6 Å². The van der Waals surface area contributed by atoms with Gasteiger partial charge in [-0.05, 0) is 42.0 Å². The molecule has 0 aromatic heterocycles. The van der Waals surface area contributed by atoms with Gasteiger partial charge in [0.05, 0.1) is 38.0 Å². The van der Waals surface area contributed by atoms with Crippen LogP contribution < -0.4 is 10.1 Å². The van der Waals surface area contributed by atoms with Crippen LogP contribution in [0.5, 0.6) is 5.75 Å². The second kappa shape index (κ2) is 10.6. The highest BCUT2D eigenvalue weighted by Gasteiger charge is 2.41. The van der Waals surface area contributed by atoms with E-state index in [2.05, 4.69) is 10.3 Å². The predicted octanol–water partition coefficient (Wildman–Crippen LogP) is 4.19. The first-order valence-electron chi connectivity index (χ1n) is 11.0. The fourth-order valence-electron chi connectivity index (χ4n) is 4.09. The third-order valence-electron chi connectivity index (χ3n) is 5.74. The molecule has 0 radical (unpaired) electrons. The van der Waals surface area contributed by atoms with E-state index in [1.807, 2.05) is 64.9 Å². The van der Waals surface area contributed by atoms with E-state index in [9.17, 15) is 9.59 Å². The van der Waals surface area contributed by atoms with Crippen molar-refractivity contribution in [2.75, 3.05) is 20.8 Å². The van der Waals surface area contributed by atoms with Crippen LogP contribution in [-0.2, 0) is 20.7 Å². The highest BCUT2D eigenvalue weighted by molar-refractivity contribution is 8.16. The molecule has 4 rings (SSSR count). The lowest BCUT2D eigenvalue weighted by Gasteiger charge is -2.36. The summed E-state index contributed by atoms with van der Waals surface area (Å²) in [5.41, 5.74) is 3.84. The normalized spacial score (nSPS) is 17.0. The number of ether oxygens (including phenoxy) is 2. The molecular formula is C26H27N3O4S. The Bertz CT molecular complexity index is 1170. The second-order valence-corrected chi connectivity index (χ2v) is 8.76. The number of benzene rings is 2. The second-order valence-electron chi connectivity index (χ2n) is 7.92. The highest BCUT2D eigenvalue weighted by Crippen LogP contribution is 2.45. The van der Waals surface area contributed by atoms with Gasteiger partial charge in [-0.25, -0.2) is 9.79 Å². The Kier molecular flexibility index (Phi) is 7.37. The van der Waals surface area contributed by atoms with Gasteiger partial charge in [-0.1, -0.05) is 54.2 Å². The molecule has 1 unspecified atom stereocenters. The van der Waals surface area contributed by atoms with Gasteiger partial charge in [-0.3, -0.25) is 4.79 Å². The zero-order chi connectivity index (χ0) is 24.1. The number of amides is 1. The number of nitrogens with one attached hydrogen (secondary N) is 1. The molecule has 2 aromatic carbocycles. The molecule has 2 aromatic rings. The van der Waals surface area contributed by atoms with Crippen molar-refractivity contribution in [1.82, 2.24) is 10.2 Å². The van der Waals surface area contributed by atoms with Crippen molar-refractivity contribution in [3.05, 3.63) is 88.1 Å². The van der Waals surface area contributed by atoms with Crippen LogP contribution in [0.3, 0.4) is 0 Å². The maximum atomic E-state index is 12.8. The van der Waals surface area contributed by atoms with Gasteiger partial charge in [-0.15, -0.1) is 0 Å². The van der Waals surface area contributed by atoms with Gasteiger partial charge >= 0.3 is 5.97 Å². The molecule has 0 fully saturated rings. The van der Waals surface area contributed by atoms with Crippen LogP contribution in [0.15, 0.2) is 82.0 Å². The van der Waals surface area contributed by atoms with Gasteiger partial charge in [-0.2, -0.15) is 0 Å². The summed E-state index contributed by atoms with van der Waals surface area (Å²) in [5.74, 6) is 0.149. The molecule has 2 aliphatic rings. The standard InChI is InChI=1S/C26H27N3O4S/c1-17-23(25(31)33-3)24(19-10-7-11-21(14-19)32-2)29-20(16-34-26(29)28-17)15-22(30)27-13-12-18-8-5-4-6-9-18/h4-11,14,16,24H,12-13,15H2,1-3H3,(H,27,30). The van der Waals surface area contributed by atoms with E-state index in [1.165, 1.54) is 24.4 Å². The van der Waals surface area contributed by atoms with Crippen molar-refractivity contribution in [3.8, 4) is 5.75 Å². The molecule has 34 heavy (non-hydrogen) atoms. The van der Waals surface area contributed by atoms with Gasteiger partial charge in [0.25, 0.3) is 0 Å². The van der Waals surface area contributed by atoms with Crippen molar-refractivity contribution >= 4 is 28.8 Å². The molecule has 1 N–H and O–H groups in total. The van der Waals surface area contributed by atoms with Crippen LogP contribution in [-0.4, -0.2) is 42.7 Å². The quantitative estimate of drug-likeness (QED) is 0.575. The summed E-state index contributed by atoms with van der Waals surface area (Å²) < 4.78 is 10.5. The number of carbonyl (C=O) groups is 2. The third kappa shape index (κ3) is 5.02. The van der Waals surface area contributed by atoms with Crippen molar-refractivity contribution < 1.29 is 19.1 Å². The van der Waals surface area contributed by atoms with Crippen LogP contribution in [0, 0.1) is 0 Å². The number of thioether (sulfide) groups is 1. The fraction of sp³-hybridized carbons (Fsp3) is 0.269. The predicted molar refractivity (Wildman–Crippen MR) is 133 cm³/mol. The van der Waals surface area contributed by atoms with Crippen molar-refractivity contribution in [1.29, 1.82) is 0 Å². The molecule has 2 heterocycles. The van der Waals surface area contributed by atoms with Crippen molar-refractivity contribution in [3.63, 3.8) is 0 Å². The Morgan fingerprint density at radius 2 is 1.91 bits per heavy atom. The highest BCUT2D eigenvalue weighted by atomic mass is 32.2. The van der Waals surface area contributed by atoms with E-state index < -0.39 is 12.0 Å². The summed E-state index contributed by atoms with van der Waals surface area (Å²) in [4.78, 5) is 32.2. The third-order valence-corrected chi connectivity index (χ3v) is 6.62. The molecule has 0 spiro atoms. The number of fused-ring (bicyclic) bond motifs is 1. The molecule has 176 valence electrons. The van der Waals surface area contributed by atoms with E-state index in [4.69, 9.17) is 9.47 Å². The van der Waals surface area contributed by atoms with Crippen LogP contribution >= 0.6 is 11.8 Å². The summed E-state index contributed by atoms with van der Waals surface area (Å²) in [6, 6.07) is 17.1. The van der Waals surface area contributed by atoms with Crippen LogP contribution in [0.2, 0.25) is 0 Å². The molecule has 0 saturated heterocycles. The molecule has 0 saturated carbocycles. The van der Waals surface area contributed by atoms with E-state index in [0.717, 1.165) is 22.8 Å². The van der Waals surface area contributed by atoms with Crippen LogP contribution in [0.4, 0.5) is 0 Å². The zero-order valence-electron chi connectivity index (χ0n) is 19.4. The first-order valence-corrected chi connectivity index (χ1v) is 11.9. The minimum Gasteiger partial charge on any atom is -0.497 e. The Morgan fingerprint density at radius 1 is 1.12 bits per heavy atom. The van der Waals surface area contributed by atoms with Gasteiger partial charge in [0.1, 0.15) is 5.75 Å².